The lowest BCUT2D eigenvalue weighted by molar-refractivity contribution is -0.00461. The maximum atomic E-state index is 5.84. The molecule has 0 saturated carbocycles. The van der Waals surface area contributed by atoms with E-state index in [4.69, 9.17) is 15.2 Å². The van der Waals surface area contributed by atoms with Crippen LogP contribution in [0.5, 0.6) is 0 Å². The molecule has 1 aliphatic heterocycles. The number of hydrogen-bond acceptors (Lipinski definition) is 6. The number of aromatic nitrogens is 3. The van der Waals surface area contributed by atoms with Crippen molar-refractivity contribution in [3.63, 3.8) is 0 Å². The molecule has 2 aromatic rings. The Hall–Kier alpha value is -1.86. The molecule has 2 N–H and O–H groups in total. The molecule has 2 unspecified atom stereocenters. The van der Waals surface area contributed by atoms with Crippen LogP contribution in [0.3, 0.4) is 0 Å². The van der Waals surface area contributed by atoms with Crippen LogP contribution >= 0.6 is 0 Å². The fourth-order valence-electron chi connectivity index (χ4n) is 2.52. The van der Waals surface area contributed by atoms with Crippen LogP contribution in [-0.4, -0.2) is 53.9 Å². The van der Waals surface area contributed by atoms with Crippen molar-refractivity contribution in [3.05, 3.63) is 18.6 Å². The quantitative estimate of drug-likeness (QED) is 0.850. The number of nitrogens with zero attached hydrogens (tertiary/aromatic N) is 4. The van der Waals surface area contributed by atoms with Gasteiger partial charge in [-0.1, -0.05) is 0 Å². The third-order valence-electron chi connectivity index (χ3n) is 3.50. The van der Waals surface area contributed by atoms with Gasteiger partial charge in [-0.3, -0.25) is 0 Å². The van der Waals surface area contributed by atoms with E-state index >= 15 is 0 Å². The summed E-state index contributed by atoms with van der Waals surface area (Å²) in [6.07, 6.45) is 5.40. The van der Waals surface area contributed by atoms with Gasteiger partial charge < -0.3 is 24.5 Å². The van der Waals surface area contributed by atoms with Crippen LogP contribution in [-0.2, 0) is 9.47 Å². The van der Waals surface area contributed by atoms with Gasteiger partial charge in [-0.2, -0.15) is 0 Å². The van der Waals surface area contributed by atoms with E-state index in [9.17, 15) is 0 Å². The predicted molar refractivity (Wildman–Crippen MR) is 71.2 cm³/mol. The van der Waals surface area contributed by atoms with Gasteiger partial charge in [0.25, 0.3) is 0 Å². The van der Waals surface area contributed by atoms with E-state index in [2.05, 4.69) is 14.9 Å². The Morgan fingerprint density at radius 3 is 2.58 bits per heavy atom. The largest absolute Gasteiger partial charge is 0.382 e. The average Bonchev–Trinajstić information content (AvgIpc) is 3.02. The molecule has 2 atom stereocenters. The standard InChI is InChI=1S/C12H17N5O2/c1-18-8-5-17(6-9(8)19-2)12-11-14-3-4-16(11)7-10(13)15-12/h3-4,7-9H,5-6,13H2,1-2H3. The Morgan fingerprint density at radius 1 is 1.26 bits per heavy atom. The van der Waals surface area contributed by atoms with Crippen LogP contribution in [0.25, 0.3) is 5.65 Å². The van der Waals surface area contributed by atoms with Crippen molar-refractivity contribution in [1.29, 1.82) is 0 Å². The number of rotatable bonds is 3. The molecule has 0 bridgehead atoms. The second kappa shape index (κ2) is 4.67. The van der Waals surface area contributed by atoms with Crippen molar-refractivity contribution in [2.24, 2.45) is 0 Å². The van der Waals surface area contributed by atoms with Crippen LogP contribution in [0.15, 0.2) is 18.6 Å². The number of imidazole rings is 1. The lowest BCUT2D eigenvalue weighted by atomic mass is 10.3. The van der Waals surface area contributed by atoms with Crippen LogP contribution in [0.2, 0.25) is 0 Å². The lowest BCUT2D eigenvalue weighted by Crippen LogP contribution is -2.27. The SMILES string of the molecule is COC1CN(c2nc(N)cn3ccnc23)CC1OC. The Morgan fingerprint density at radius 2 is 1.95 bits per heavy atom. The summed E-state index contributed by atoms with van der Waals surface area (Å²) in [5.41, 5.74) is 6.63. The first kappa shape index (κ1) is 12.2. The van der Waals surface area contributed by atoms with E-state index in [1.807, 2.05) is 10.6 Å². The Bertz CT molecular complexity index is 573. The summed E-state index contributed by atoms with van der Waals surface area (Å²) >= 11 is 0. The normalized spacial score (nSPS) is 23.4. The molecule has 1 fully saturated rings. The number of fused-ring (bicyclic) bond motifs is 1. The van der Waals surface area contributed by atoms with Crippen molar-refractivity contribution >= 4 is 17.3 Å². The smallest absolute Gasteiger partial charge is 0.180 e. The van der Waals surface area contributed by atoms with Gasteiger partial charge in [0, 0.05) is 39.7 Å². The average molecular weight is 263 g/mol. The number of methoxy groups -OCH3 is 2. The topological polar surface area (TPSA) is 77.9 Å². The number of nitrogens with two attached hydrogens (primary N) is 1. The van der Waals surface area contributed by atoms with Gasteiger partial charge in [0.1, 0.15) is 18.0 Å². The molecule has 0 radical (unpaired) electrons. The Balaban J connectivity index is 1.99. The molecule has 0 aromatic carbocycles. The molecular weight excluding hydrogens is 246 g/mol. The van der Waals surface area contributed by atoms with Crippen LogP contribution in [0.4, 0.5) is 11.6 Å². The summed E-state index contributed by atoms with van der Waals surface area (Å²) in [6, 6.07) is 0. The van der Waals surface area contributed by atoms with Crippen molar-refractivity contribution in [2.75, 3.05) is 37.9 Å². The fraction of sp³-hybridized carbons (Fsp3) is 0.500. The third-order valence-corrected chi connectivity index (χ3v) is 3.50. The van der Waals surface area contributed by atoms with Gasteiger partial charge in [-0.15, -0.1) is 0 Å². The molecule has 7 heteroatoms. The highest BCUT2D eigenvalue weighted by atomic mass is 16.5. The van der Waals surface area contributed by atoms with Gasteiger partial charge in [-0.05, 0) is 0 Å². The molecule has 1 saturated heterocycles. The van der Waals surface area contributed by atoms with E-state index in [0.29, 0.717) is 18.9 Å². The molecular formula is C12H17N5O2. The minimum absolute atomic E-state index is 0.0308. The summed E-state index contributed by atoms with van der Waals surface area (Å²) in [6.45, 7) is 1.43. The predicted octanol–water partition coefficient (Wildman–Crippen LogP) is 0.161. The summed E-state index contributed by atoms with van der Waals surface area (Å²) in [5, 5.41) is 0. The Labute approximate surface area is 110 Å². The molecule has 3 heterocycles. The zero-order valence-corrected chi connectivity index (χ0v) is 11.0. The molecule has 1 aliphatic rings. The number of nitrogen functional groups attached to an aromatic ring is 1. The minimum atomic E-state index is 0.0308. The second-order valence-corrected chi connectivity index (χ2v) is 4.60. The van der Waals surface area contributed by atoms with E-state index < -0.39 is 0 Å². The van der Waals surface area contributed by atoms with Crippen molar-refractivity contribution in [3.8, 4) is 0 Å². The van der Waals surface area contributed by atoms with Gasteiger partial charge >= 0.3 is 0 Å². The highest BCUT2D eigenvalue weighted by Gasteiger charge is 2.34. The molecule has 0 spiro atoms. The van der Waals surface area contributed by atoms with E-state index in [1.54, 1.807) is 26.6 Å². The summed E-state index contributed by atoms with van der Waals surface area (Å²) < 4.78 is 12.7. The second-order valence-electron chi connectivity index (χ2n) is 4.60. The van der Waals surface area contributed by atoms with Gasteiger partial charge in [0.2, 0.25) is 0 Å². The highest BCUT2D eigenvalue weighted by Crippen LogP contribution is 2.25. The zero-order valence-electron chi connectivity index (χ0n) is 11.0. The summed E-state index contributed by atoms with van der Waals surface area (Å²) in [4.78, 5) is 10.8. The lowest BCUT2D eigenvalue weighted by Gasteiger charge is -2.17. The van der Waals surface area contributed by atoms with E-state index in [0.717, 1.165) is 11.5 Å². The molecule has 0 amide bonds. The van der Waals surface area contributed by atoms with Crippen LogP contribution in [0.1, 0.15) is 0 Å². The Kier molecular flexibility index (Phi) is 3.00. The first-order valence-electron chi connectivity index (χ1n) is 6.12. The van der Waals surface area contributed by atoms with Crippen molar-refractivity contribution in [1.82, 2.24) is 14.4 Å². The van der Waals surface area contributed by atoms with Crippen LogP contribution < -0.4 is 10.6 Å². The molecule has 3 rings (SSSR count). The first-order chi connectivity index (χ1) is 9.22. The minimum Gasteiger partial charge on any atom is -0.382 e. The van der Waals surface area contributed by atoms with Crippen LogP contribution in [0, 0.1) is 0 Å². The molecule has 0 aliphatic carbocycles. The number of anilines is 2. The summed E-state index contributed by atoms with van der Waals surface area (Å²) in [7, 11) is 3.39. The molecule has 2 aromatic heterocycles. The van der Waals surface area contributed by atoms with Gasteiger partial charge in [0.05, 0.1) is 6.20 Å². The highest BCUT2D eigenvalue weighted by molar-refractivity contribution is 5.67. The number of hydrogen-bond donors (Lipinski definition) is 1. The first-order valence-corrected chi connectivity index (χ1v) is 6.12. The maximum Gasteiger partial charge on any atom is 0.180 e. The maximum absolute atomic E-state index is 5.84. The molecule has 102 valence electrons. The van der Waals surface area contributed by atoms with Crippen molar-refractivity contribution < 1.29 is 9.47 Å². The fourth-order valence-corrected chi connectivity index (χ4v) is 2.52. The zero-order chi connectivity index (χ0) is 13.4. The van der Waals surface area contributed by atoms with E-state index in [1.165, 1.54) is 0 Å². The summed E-state index contributed by atoms with van der Waals surface area (Å²) in [5.74, 6) is 1.24. The van der Waals surface area contributed by atoms with Gasteiger partial charge in [-0.25, -0.2) is 9.97 Å². The van der Waals surface area contributed by atoms with E-state index in [-0.39, 0.29) is 12.2 Å². The van der Waals surface area contributed by atoms with Crippen molar-refractivity contribution in [2.45, 2.75) is 12.2 Å². The number of ether oxygens (including phenoxy) is 2. The monoisotopic (exact) mass is 263 g/mol. The molecule has 7 nitrogen and oxygen atoms in total. The molecule has 19 heavy (non-hydrogen) atoms. The van der Waals surface area contributed by atoms with Gasteiger partial charge in [0.15, 0.2) is 11.5 Å². The third kappa shape index (κ3) is 2.00.